The maximum absolute atomic E-state index is 4.63. The second-order valence-corrected chi connectivity index (χ2v) is 5.71. The van der Waals surface area contributed by atoms with Crippen molar-refractivity contribution < 1.29 is 0 Å². The minimum absolute atomic E-state index is 0.640. The number of thiazole rings is 1. The topological polar surface area (TPSA) is 68.5 Å². The van der Waals surface area contributed by atoms with Crippen LogP contribution in [0.25, 0.3) is 11.3 Å². The summed E-state index contributed by atoms with van der Waals surface area (Å²) >= 11 is 1.64. The van der Waals surface area contributed by atoms with Crippen LogP contribution in [0.3, 0.4) is 0 Å². The normalized spacial score (nSPS) is 10.8. The van der Waals surface area contributed by atoms with E-state index >= 15 is 0 Å². The van der Waals surface area contributed by atoms with Crippen LogP contribution in [0.1, 0.15) is 16.5 Å². The van der Waals surface area contributed by atoms with Crippen molar-refractivity contribution in [3.63, 3.8) is 0 Å². The zero-order valence-corrected chi connectivity index (χ0v) is 13.0. The minimum atomic E-state index is 0.640. The van der Waals surface area contributed by atoms with Crippen molar-refractivity contribution in [2.24, 2.45) is 7.05 Å². The number of anilines is 1. The monoisotopic (exact) mass is 300 g/mol. The maximum Gasteiger partial charge on any atom is 0.138 e. The molecule has 0 unspecified atom stereocenters. The van der Waals surface area contributed by atoms with Crippen LogP contribution in [0.2, 0.25) is 0 Å². The summed E-state index contributed by atoms with van der Waals surface area (Å²) in [6.45, 7) is 1.99. The third-order valence-electron chi connectivity index (χ3n) is 3.01. The highest BCUT2D eigenvalue weighted by atomic mass is 32.1. The molecule has 0 amide bonds. The molecule has 7 heteroatoms. The molecule has 3 rings (SSSR count). The van der Waals surface area contributed by atoms with Crippen LogP contribution in [-0.2, 0) is 13.5 Å². The molecule has 1 N–H and O–H groups in total. The number of aromatic nitrogens is 5. The van der Waals surface area contributed by atoms with Gasteiger partial charge in [0.25, 0.3) is 0 Å². The predicted molar refractivity (Wildman–Crippen MR) is 83.4 cm³/mol. The van der Waals surface area contributed by atoms with E-state index in [-0.39, 0.29) is 0 Å². The Hall–Kier alpha value is -2.28. The van der Waals surface area contributed by atoms with Crippen LogP contribution in [0, 0.1) is 6.92 Å². The van der Waals surface area contributed by atoms with E-state index in [1.165, 1.54) is 0 Å². The molecule has 0 bridgehead atoms. The summed E-state index contributed by atoms with van der Waals surface area (Å²) in [6, 6.07) is 1.92. The van der Waals surface area contributed by atoms with Crippen molar-refractivity contribution in [2.45, 2.75) is 13.3 Å². The number of aryl methyl sites for hydroxylation is 2. The lowest BCUT2D eigenvalue weighted by Gasteiger charge is -2.05. The first kappa shape index (κ1) is 13.7. The molecule has 0 saturated heterocycles. The van der Waals surface area contributed by atoms with Crippen molar-refractivity contribution in [2.75, 3.05) is 12.4 Å². The molecule has 0 atom stereocenters. The Morgan fingerprint density at radius 3 is 2.76 bits per heavy atom. The second-order valence-electron chi connectivity index (χ2n) is 4.77. The van der Waals surface area contributed by atoms with E-state index < -0.39 is 0 Å². The largest absolute Gasteiger partial charge is 0.373 e. The SMILES string of the molecule is CNc1cc(-c2cnn(C)c2)nc(Cc2nc(C)cs2)n1. The Balaban J connectivity index is 1.96. The van der Waals surface area contributed by atoms with Gasteiger partial charge in [-0.2, -0.15) is 5.10 Å². The number of hydrogen-bond donors (Lipinski definition) is 1. The molecule has 3 aromatic rings. The summed E-state index contributed by atoms with van der Waals surface area (Å²) in [5.41, 5.74) is 2.88. The zero-order chi connectivity index (χ0) is 14.8. The first-order valence-corrected chi connectivity index (χ1v) is 7.48. The van der Waals surface area contributed by atoms with E-state index in [1.54, 1.807) is 22.2 Å². The molecule has 0 fully saturated rings. The third-order valence-corrected chi connectivity index (χ3v) is 3.97. The zero-order valence-electron chi connectivity index (χ0n) is 12.2. The van der Waals surface area contributed by atoms with Gasteiger partial charge in [-0.3, -0.25) is 4.68 Å². The van der Waals surface area contributed by atoms with Crippen molar-refractivity contribution in [1.82, 2.24) is 24.7 Å². The summed E-state index contributed by atoms with van der Waals surface area (Å²) in [5, 5.41) is 10.3. The van der Waals surface area contributed by atoms with E-state index in [1.807, 2.05) is 38.7 Å². The van der Waals surface area contributed by atoms with Gasteiger partial charge in [-0.1, -0.05) is 0 Å². The molecule has 0 aliphatic rings. The summed E-state index contributed by atoms with van der Waals surface area (Å²) in [7, 11) is 3.75. The molecule has 0 aliphatic carbocycles. The lowest BCUT2D eigenvalue weighted by molar-refractivity contribution is 0.768. The molecule has 21 heavy (non-hydrogen) atoms. The molecule has 0 aromatic carbocycles. The van der Waals surface area contributed by atoms with E-state index in [4.69, 9.17) is 0 Å². The Bertz CT molecular complexity index is 760. The first-order valence-electron chi connectivity index (χ1n) is 6.60. The lowest BCUT2D eigenvalue weighted by atomic mass is 10.2. The summed E-state index contributed by atoms with van der Waals surface area (Å²) < 4.78 is 1.76. The van der Waals surface area contributed by atoms with Gasteiger partial charge in [-0.05, 0) is 6.92 Å². The third kappa shape index (κ3) is 3.08. The smallest absolute Gasteiger partial charge is 0.138 e. The number of hydrogen-bond acceptors (Lipinski definition) is 6. The quantitative estimate of drug-likeness (QED) is 0.800. The standard InChI is InChI=1S/C14H16N6S/c1-9-8-21-14(17-9)5-13-18-11(4-12(15-2)19-13)10-6-16-20(3)7-10/h4,6-8H,5H2,1-3H3,(H,15,18,19). The molecule has 3 heterocycles. The number of nitrogens with one attached hydrogen (secondary N) is 1. The molecule has 0 spiro atoms. The van der Waals surface area contributed by atoms with Gasteiger partial charge in [0.05, 0.1) is 18.3 Å². The fraction of sp³-hybridized carbons (Fsp3) is 0.286. The van der Waals surface area contributed by atoms with Gasteiger partial charge in [-0.25, -0.2) is 15.0 Å². The van der Waals surface area contributed by atoms with Gasteiger partial charge in [-0.15, -0.1) is 11.3 Å². The van der Waals surface area contributed by atoms with E-state index in [9.17, 15) is 0 Å². The summed E-state index contributed by atoms with van der Waals surface area (Å²) in [5.74, 6) is 1.56. The molecular formula is C14H16N6S. The van der Waals surface area contributed by atoms with E-state index in [0.717, 1.165) is 33.6 Å². The van der Waals surface area contributed by atoms with Crippen LogP contribution >= 0.6 is 11.3 Å². The second kappa shape index (κ2) is 5.61. The van der Waals surface area contributed by atoms with Crippen molar-refractivity contribution in [3.05, 3.63) is 40.4 Å². The van der Waals surface area contributed by atoms with Gasteiger partial charge >= 0.3 is 0 Å². The van der Waals surface area contributed by atoms with Gasteiger partial charge < -0.3 is 5.32 Å². The van der Waals surface area contributed by atoms with Crippen molar-refractivity contribution >= 4 is 17.2 Å². The molecule has 3 aromatic heterocycles. The van der Waals surface area contributed by atoms with E-state index in [2.05, 4.69) is 25.4 Å². The lowest BCUT2D eigenvalue weighted by Crippen LogP contribution is -2.02. The fourth-order valence-corrected chi connectivity index (χ4v) is 2.79. The average molecular weight is 300 g/mol. The Labute approximate surface area is 126 Å². The van der Waals surface area contributed by atoms with Gasteiger partial charge in [0, 0.05) is 43.0 Å². The molecule has 0 radical (unpaired) electrons. The molecule has 0 aliphatic heterocycles. The highest BCUT2D eigenvalue weighted by Gasteiger charge is 2.10. The highest BCUT2D eigenvalue weighted by Crippen LogP contribution is 2.20. The number of rotatable bonds is 4. The van der Waals surface area contributed by atoms with Crippen LogP contribution in [0.4, 0.5) is 5.82 Å². The van der Waals surface area contributed by atoms with Gasteiger partial charge in [0.1, 0.15) is 16.6 Å². The van der Waals surface area contributed by atoms with Crippen LogP contribution in [0.15, 0.2) is 23.8 Å². The summed E-state index contributed by atoms with van der Waals surface area (Å²) in [4.78, 5) is 13.6. The number of nitrogens with zero attached hydrogens (tertiary/aromatic N) is 5. The summed E-state index contributed by atoms with van der Waals surface area (Å²) in [6.07, 6.45) is 4.39. The minimum Gasteiger partial charge on any atom is -0.373 e. The highest BCUT2D eigenvalue weighted by molar-refractivity contribution is 7.09. The van der Waals surface area contributed by atoms with Crippen LogP contribution < -0.4 is 5.32 Å². The van der Waals surface area contributed by atoms with Crippen molar-refractivity contribution in [1.29, 1.82) is 0 Å². The van der Waals surface area contributed by atoms with Gasteiger partial charge in [0.15, 0.2) is 0 Å². The van der Waals surface area contributed by atoms with E-state index in [0.29, 0.717) is 6.42 Å². The first-order chi connectivity index (χ1) is 10.1. The molecular weight excluding hydrogens is 284 g/mol. The maximum atomic E-state index is 4.63. The predicted octanol–water partition coefficient (Wildman–Crippen LogP) is 2.27. The van der Waals surface area contributed by atoms with Gasteiger partial charge in [0.2, 0.25) is 0 Å². The fourth-order valence-electron chi connectivity index (χ4n) is 2.02. The Kier molecular flexibility index (Phi) is 3.66. The Morgan fingerprint density at radius 1 is 1.29 bits per heavy atom. The molecule has 6 nitrogen and oxygen atoms in total. The average Bonchev–Trinajstić information content (AvgIpc) is 3.07. The van der Waals surface area contributed by atoms with Crippen LogP contribution in [0.5, 0.6) is 0 Å². The molecule has 108 valence electrons. The Morgan fingerprint density at radius 2 is 2.14 bits per heavy atom. The van der Waals surface area contributed by atoms with Crippen molar-refractivity contribution in [3.8, 4) is 11.3 Å². The molecule has 0 saturated carbocycles. The van der Waals surface area contributed by atoms with Crippen LogP contribution in [-0.4, -0.2) is 31.8 Å².